The van der Waals surface area contributed by atoms with Crippen LogP contribution in [-0.2, 0) is 35.1 Å². The molecular weight excluding hydrogens is 1250 g/mol. The van der Waals surface area contributed by atoms with Crippen LogP contribution in [0.25, 0.3) is 10.4 Å². The molecule has 9 nitrogen and oxygen atoms in total. The number of aliphatic hydroxyl groups is 1. The van der Waals surface area contributed by atoms with E-state index >= 15 is 0 Å². The highest BCUT2D eigenvalue weighted by atomic mass is 79.9. The first kappa shape index (κ1) is 72.6. The smallest absolute Gasteiger partial charge is 0.173 e. The lowest BCUT2D eigenvalue weighted by Crippen LogP contribution is -2.46. The second-order valence-electron chi connectivity index (χ2n) is 24.3. The Labute approximate surface area is 537 Å². The van der Waals surface area contributed by atoms with Crippen molar-refractivity contribution >= 4 is 50.7 Å². The van der Waals surface area contributed by atoms with Crippen LogP contribution in [0.3, 0.4) is 0 Å². The van der Waals surface area contributed by atoms with Gasteiger partial charge < -0.3 is 10.8 Å². The molecule has 5 fully saturated rings. The lowest BCUT2D eigenvalue weighted by molar-refractivity contribution is -0.127. The average molecular weight is 1330 g/mol. The number of Topliss-reactive ketones (excluding diaryl/α,β-unsaturated/α-hetero) is 4. The predicted octanol–water partition coefficient (Wildman–Crippen LogP) is 19.5. The van der Waals surface area contributed by atoms with Crippen LogP contribution in [0.5, 0.6) is 0 Å². The molecule has 3 N–H and O–H groups in total. The molecule has 6 unspecified atom stereocenters. The molecular formula is C72H81BrClF7N4O5. The Bertz CT molecular complexity index is 3480. The van der Waals surface area contributed by atoms with Gasteiger partial charge in [-0.05, 0) is 225 Å². The van der Waals surface area contributed by atoms with Crippen molar-refractivity contribution in [2.75, 3.05) is 0 Å². The summed E-state index contributed by atoms with van der Waals surface area (Å²) in [5, 5.41) is 13.6. The summed E-state index contributed by atoms with van der Waals surface area (Å²) in [4.78, 5) is 49.3. The molecule has 18 heteroatoms. The van der Waals surface area contributed by atoms with Crippen LogP contribution in [0.1, 0.15) is 201 Å². The highest BCUT2D eigenvalue weighted by Crippen LogP contribution is 2.42. The quantitative estimate of drug-likeness (QED) is 0.0421. The van der Waals surface area contributed by atoms with Crippen molar-refractivity contribution in [1.82, 2.24) is 0 Å². The maximum atomic E-state index is 13.6. The van der Waals surface area contributed by atoms with Crippen LogP contribution in [0.4, 0.5) is 30.7 Å². The molecule has 5 aliphatic carbocycles. The summed E-state index contributed by atoms with van der Waals surface area (Å²) in [6.45, 7) is 10.1. The number of aliphatic hydroxyl groups excluding tert-OH is 1. The normalized spacial score (nSPS) is 23.1. The number of nitrogens with two attached hydrogens (primary N) is 1. The van der Waals surface area contributed by atoms with E-state index in [1.165, 1.54) is 43.3 Å². The van der Waals surface area contributed by atoms with Crippen molar-refractivity contribution in [2.45, 2.75) is 204 Å². The van der Waals surface area contributed by atoms with Gasteiger partial charge in [0.25, 0.3) is 0 Å². The highest BCUT2D eigenvalue weighted by molar-refractivity contribution is 9.10. The molecule has 5 aliphatic rings. The van der Waals surface area contributed by atoms with Crippen molar-refractivity contribution in [3.8, 4) is 0 Å². The molecule has 482 valence electrons. The molecule has 0 amide bonds. The van der Waals surface area contributed by atoms with E-state index in [-0.39, 0.29) is 74.6 Å². The minimum absolute atomic E-state index is 0.0173. The molecule has 90 heavy (non-hydrogen) atoms. The van der Waals surface area contributed by atoms with Gasteiger partial charge >= 0.3 is 0 Å². The number of nitrogens with zero attached hydrogens (tertiary/aromatic N) is 3. The third kappa shape index (κ3) is 18.4. The lowest BCUT2D eigenvalue weighted by Gasteiger charge is -2.32. The zero-order valence-electron chi connectivity index (χ0n) is 52.1. The summed E-state index contributed by atoms with van der Waals surface area (Å²) in [7, 11) is 0. The summed E-state index contributed by atoms with van der Waals surface area (Å²) in [6, 6.07) is 27.7. The van der Waals surface area contributed by atoms with Crippen LogP contribution in [-0.4, -0.2) is 34.3 Å². The van der Waals surface area contributed by atoms with Crippen LogP contribution in [0.2, 0.25) is 0 Å². The van der Waals surface area contributed by atoms with E-state index in [9.17, 15) is 55.0 Å². The van der Waals surface area contributed by atoms with Gasteiger partial charge in [-0.1, -0.05) is 110 Å². The maximum Gasteiger partial charge on any atom is 0.173 e. The van der Waals surface area contributed by atoms with Crippen LogP contribution in [0, 0.1) is 82.3 Å². The molecule has 6 atom stereocenters. The Morgan fingerprint density at radius 1 is 0.500 bits per heavy atom. The number of carbonyl (C=O) groups excluding carboxylic acids is 4. The molecule has 11 rings (SSSR count). The largest absolute Gasteiger partial charge is 0.392 e. The molecule has 0 saturated heterocycles. The number of carbonyl (C=O) groups is 4. The molecule has 0 bridgehead atoms. The van der Waals surface area contributed by atoms with Crippen LogP contribution < -0.4 is 5.73 Å². The molecule has 6 aromatic carbocycles. The fourth-order valence-corrected chi connectivity index (χ4v) is 12.5. The van der Waals surface area contributed by atoms with Gasteiger partial charge in [0.15, 0.2) is 23.2 Å². The molecule has 0 aromatic heterocycles. The minimum atomic E-state index is -1.21. The van der Waals surface area contributed by atoms with Crippen molar-refractivity contribution in [3.63, 3.8) is 0 Å². The number of hydrogen-bond donors (Lipinski definition) is 2. The molecule has 5 saturated carbocycles. The Balaban J connectivity index is 0.000000173. The first-order valence-corrected chi connectivity index (χ1v) is 32.1. The zero-order valence-corrected chi connectivity index (χ0v) is 54.4. The van der Waals surface area contributed by atoms with Gasteiger partial charge in [0.2, 0.25) is 0 Å². The summed E-state index contributed by atoms with van der Waals surface area (Å²) in [6.07, 6.45) is 15.7. The molecule has 0 radical (unpaired) electrons. The van der Waals surface area contributed by atoms with Crippen LogP contribution >= 0.6 is 27.5 Å². The fraction of sp³-hybridized carbons (Fsp3) is 0.444. The topological polar surface area (TPSA) is 163 Å². The van der Waals surface area contributed by atoms with E-state index in [4.69, 9.17) is 22.9 Å². The second kappa shape index (κ2) is 33.2. The van der Waals surface area contributed by atoms with Crippen molar-refractivity contribution in [3.05, 3.63) is 220 Å². The minimum Gasteiger partial charge on any atom is -0.392 e. The monoisotopic (exact) mass is 1330 g/mol. The Kier molecular flexibility index (Phi) is 26.8. The van der Waals surface area contributed by atoms with Gasteiger partial charge in [-0.25, -0.2) is 30.7 Å². The second-order valence-corrected chi connectivity index (χ2v) is 25.8. The predicted molar refractivity (Wildman–Crippen MR) is 343 cm³/mol. The number of benzene rings is 6. The van der Waals surface area contributed by atoms with E-state index in [1.54, 1.807) is 89.2 Å². The SMILES string of the molecule is Cc1ccc(Br)c(F)c1F.Cc1ccc(C2(Cl)CCCCC2=O)cc1F.Cc1ccc(C2(N)CCCCC2=O)cc1F.Cc1ccc(C2(N=[N+]=[N-])CCCCC2=O)cc1F.Cc1ccc(C2CCCCC2=O)cc1F.Cc1ccc(C2CCCCC2O)cc1F. The highest BCUT2D eigenvalue weighted by Gasteiger charge is 2.42. The summed E-state index contributed by atoms with van der Waals surface area (Å²) >= 11 is 9.22. The van der Waals surface area contributed by atoms with Gasteiger partial charge in [-0.2, -0.15) is 0 Å². The Morgan fingerprint density at radius 2 is 0.944 bits per heavy atom. The van der Waals surface area contributed by atoms with Gasteiger partial charge in [0.05, 0.1) is 10.6 Å². The number of ketones is 4. The van der Waals surface area contributed by atoms with Crippen molar-refractivity contribution in [1.29, 1.82) is 0 Å². The van der Waals surface area contributed by atoms with Crippen LogP contribution in [0.15, 0.2) is 113 Å². The third-order valence-electron chi connectivity index (χ3n) is 17.9. The van der Waals surface area contributed by atoms with Crippen molar-refractivity contribution in [2.24, 2.45) is 10.8 Å². The molecule has 6 aromatic rings. The molecule has 0 spiro atoms. The molecule has 0 aliphatic heterocycles. The van der Waals surface area contributed by atoms with E-state index < -0.39 is 27.6 Å². The Hall–Kier alpha value is -6.49. The number of aryl methyl sites for hydroxylation is 6. The zero-order chi connectivity index (χ0) is 66.1. The summed E-state index contributed by atoms with van der Waals surface area (Å²) in [5.41, 5.74) is 19.4. The number of rotatable bonds is 6. The summed E-state index contributed by atoms with van der Waals surface area (Å²) < 4.78 is 92.6. The number of alkyl halides is 1. The van der Waals surface area contributed by atoms with Gasteiger partial charge in [-0.15, -0.1) is 11.6 Å². The third-order valence-corrected chi connectivity index (χ3v) is 19.1. The van der Waals surface area contributed by atoms with Gasteiger partial charge in [0.1, 0.15) is 56.6 Å². The average Bonchev–Trinajstić information content (AvgIpc) is 0.857. The number of halogens is 9. The fourth-order valence-electron chi connectivity index (χ4n) is 11.9. The summed E-state index contributed by atoms with van der Waals surface area (Å²) in [5.74, 6) is -2.66. The van der Waals surface area contributed by atoms with E-state index in [0.717, 1.165) is 94.6 Å². The van der Waals surface area contributed by atoms with Gasteiger partial charge in [-0.3, -0.25) is 19.2 Å². The number of hydrogen-bond acceptors (Lipinski definition) is 7. The Morgan fingerprint density at radius 3 is 1.47 bits per heavy atom. The van der Waals surface area contributed by atoms with E-state index in [2.05, 4.69) is 26.0 Å². The lowest BCUT2D eigenvalue weighted by atomic mass is 9.76. The maximum absolute atomic E-state index is 13.6. The molecule has 0 heterocycles. The van der Waals surface area contributed by atoms with Gasteiger partial charge in [0, 0.05) is 42.4 Å². The standard InChI is InChI=1S/C13H14ClFO.C13H14FN3O.C13H16FNO.C13H17FO.C13H15FO.C7H5BrF2/c1-9-5-6-10(8-11(9)15)13(14)7-3-2-4-12(13)16;1-9-5-6-10(8-11(9)14)13(16-17-15)7-3-2-4-12(13)18;1-9-5-6-10(8-11(9)14)13(15)7-3-2-4-12(13)16;2*1-9-6-7-10(8-12(9)14)11-4-2-3-5-13(11)15;1-4-2-3-5(8)7(10)6(4)9/h5-6,8H,2-4,7H2,1H3;5-6,8H,2-4,7H2,1H3;5-6,8H,2-4,7,15H2,1H3;6-8,11,13,15H,2-5H2,1H3;6-8,11H,2-5H2,1H3;2-3H,1H3. The first-order chi connectivity index (χ1) is 42.7. The van der Waals surface area contributed by atoms with Crippen molar-refractivity contribution < 1.29 is 55.0 Å². The number of azide groups is 1. The first-order valence-electron chi connectivity index (χ1n) is 30.9. The van der Waals surface area contributed by atoms with E-state index in [0.29, 0.717) is 95.0 Å². The van der Waals surface area contributed by atoms with E-state index in [1.807, 2.05) is 12.1 Å².